The smallest absolute Gasteiger partial charge is 0.349 e. The van der Waals surface area contributed by atoms with Gasteiger partial charge in [-0.05, 0) is 6.07 Å². The highest BCUT2D eigenvalue weighted by molar-refractivity contribution is 7.17. The molecule has 0 bridgehead atoms. The second-order valence-electron chi connectivity index (χ2n) is 4.66. The van der Waals surface area contributed by atoms with E-state index in [-0.39, 0.29) is 9.88 Å². The van der Waals surface area contributed by atoms with Crippen LogP contribution in [-0.2, 0) is 9.53 Å². The molecule has 0 saturated heterocycles. The number of thiophene rings is 1. The largest absolute Gasteiger partial charge is 0.443 e. The fourth-order valence-electron chi connectivity index (χ4n) is 1.84. The van der Waals surface area contributed by atoms with Gasteiger partial charge < -0.3 is 10.1 Å². The van der Waals surface area contributed by atoms with Gasteiger partial charge in [0.25, 0.3) is 5.91 Å². The molecule has 9 nitrogen and oxygen atoms in total. The number of nitrogens with one attached hydrogen (secondary N) is 2. The van der Waals surface area contributed by atoms with Crippen LogP contribution in [0.15, 0.2) is 42.5 Å². The Labute approximate surface area is 145 Å². The number of benzene rings is 1. The van der Waals surface area contributed by atoms with E-state index in [9.17, 15) is 24.5 Å². The highest BCUT2D eigenvalue weighted by atomic mass is 32.1. The number of esters is 1. The van der Waals surface area contributed by atoms with Gasteiger partial charge >= 0.3 is 17.0 Å². The molecule has 1 heterocycles. The molecule has 0 spiro atoms. The second-order valence-corrected chi connectivity index (χ2v) is 5.72. The van der Waals surface area contributed by atoms with Crippen LogP contribution in [0.3, 0.4) is 0 Å². The van der Waals surface area contributed by atoms with Crippen LogP contribution in [-0.4, -0.2) is 29.9 Å². The molecule has 3 amide bonds. The van der Waals surface area contributed by atoms with Crippen molar-refractivity contribution in [2.24, 2.45) is 0 Å². The van der Waals surface area contributed by atoms with Crippen LogP contribution in [0.1, 0.15) is 21.3 Å². The molecule has 130 valence electrons. The minimum absolute atomic E-state index is 0.0274. The second kappa shape index (κ2) is 8.02. The maximum atomic E-state index is 12.2. The zero-order chi connectivity index (χ0) is 18.4. The maximum absolute atomic E-state index is 12.2. The lowest BCUT2D eigenvalue weighted by atomic mass is 10.1. The van der Waals surface area contributed by atoms with Gasteiger partial charge in [0.15, 0.2) is 0 Å². The average molecular weight is 363 g/mol. The van der Waals surface area contributed by atoms with Crippen molar-refractivity contribution in [3.05, 3.63) is 63.0 Å². The number of hydrogen-bond donors (Lipinski definition) is 2. The molecule has 1 aromatic carbocycles. The molecular formula is C15H13N3O6S. The number of carbonyl (C=O) groups is 3. The van der Waals surface area contributed by atoms with Crippen molar-refractivity contribution in [3.63, 3.8) is 0 Å². The molecule has 2 rings (SSSR count). The van der Waals surface area contributed by atoms with Gasteiger partial charge in [0.2, 0.25) is 6.10 Å². The van der Waals surface area contributed by atoms with Crippen LogP contribution in [0.5, 0.6) is 0 Å². The summed E-state index contributed by atoms with van der Waals surface area (Å²) >= 11 is 0.632. The number of rotatable bonds is 5. The molecule has 25 heavy (non-hydrogen) atoms. The molecule has 10 heteroatoms. The third kappa shape index (κ3) is 4.61. The number of carbonyl (C=O) groups excluding carboxylic acids is 3. The van der Waals surface area contributed by atoms with E-state index >= 15 is 0 Å². The van der Waals surface area contributed by atoms with Gasteiger partial charge in [-0.1, -0.05) is 41.7 Å². The van der Waals surface area contributed by atoms with E-state index in [1.165, 1.54) is 19.2 Å². The van der Waals surface area contributed by atoms with Gasteiger partial charge in [0.05, 0.1) is 4.92 Å². The average Bonchev–Trinajstić information content (AvgIpc) is 3.10. The summed E-state index contributed by atoms with van der Waals surface area (Å²) in [4.78, 5) is 45.8. The third-order valence-corrected chi connectivity index (χ3v) is 4.02. The molecule has 0 saturated carbocycles. The molecular weight excluding hydrogens is 350 g/mol. The van der Waals surface area contributed by atoms with Crippen molar-refractivity contribution in [2.75, 3.05) is 7.05 Å². The Bertz CT molecular complexity index is 805. The zero-order valence-corrected chi connectivity index (χ0v) is 13.7. The van der Waals surface area contributed by atoms with Gasteiger partial charge in [0.1, 0.15) is 4.88 Å². The van der Waals surface area contributed by atoms with E-state index in [0.29, 0.717) is 16.9 Å². The van der Waals surface area contributed by atoms with Crippen LogP contribution >= 0.6 is 11.3 Å². The summed E-state index contributed by atoms with van der Waals surface area (Å²) in [6.07, 6.45) is -1.38. The van der Waals surface area contributed by atoms with Crippen LogP contribution in [0.4, 0.5) is 9.80 Å². The lowest BCUT2D eigenvalue weighted by Gasteiger charge is -2.17. The third-order valence-electron chi connectivity index (χ3n) is 3.00. The van der Waals surface area contributed by atoms with E-state index in [4.69, 9.17) is 4.74 Å². The zero-order valence-electron chi connectivity index (χ0n) is 12.9. The quantitative estimate of drug-likeness (QED) is 0.475. The Morgan fingerprint density at radius 1 is 1.16 bits per heavy atom. The number of ether oxygens (including phenoxy) is 1. The summed E-state index contributed by atoms with van der Waals surface area (Å²) < 4.78 is 5.18. The van der Waals surface area contributed by atoms with E-state index < -0.39 is 28.9 Å². The molecule has 1 unspecified atom stereocenters. The molecule has 0 radical (unpaired) electrons. The summed E-state index contributed by atoms with van der Waals surface area (Å²) in [5, 5.41) is 14.7. The first-order chi connectivity index (χ1) is 11.9. The molecule has 0 fully saturated rings. The Morgan fingerprint density at radius 2 is 1.84 bits per heavy atom. The number of imide groups is 1. The van der Waals surface area contributed by atoms with Crippen molar-refractivity contribution >= 4 is 34.2 Å². The van der Waals surface area contributed by atoms with Gasteiger partial charge in [-0.2, -0.15) is 0 Å². The summed E-state index contributed by atoms with van der Waals surface area (Å²) in [6.45, 7) is 0. The van der Waals surface area contributed by atoms with Gasteiger partial charge in [-0.15, -0.1) is 0 Å². The predicted molar refractivity (Wildman–Crippen MR) is 88.2 cm³/mol. The summed E-state index contributed by atoms with van der Waals surface area (Å²) in [6, 6.07) is 9.75. The van der Waals surface area contributed by atoms with Crippen molar-refractivity contribution in [1.82, 2.24) is 10.6 Å². The summed E-state index contributed by atoms with van der Waals surface area (Å²) in [5.74, 6) is -1.75. The fourth-order valence-corrected chi connectivity index (χ4v) is 2.54. The van der Waals surface area contributed by atoms with Crippen LogP contribution in [0.2, 0.25) is 0 Å². The first-order valence-corrected chi connectivity index (χ1v) is 7.76. The first-order valence-electron chi connectivity index (χ1n) is 6.95. The molecule has 1 atom stereocenters. The molecule has 2 aromatic rings. The van der Waals surface area contributed by atoms with Crippen molar-refractivity contribution in [3.8, 4) is 0 Å². The first kappa shape index (κ1) is 18.1. The fraction of sp³-hybridized carbons (Fsp3) is 0.133. The normalized spacial score (nSPS) is 11.2. The molecule has 0 aliphatic rings. The predicted octanol–water partition coefficient (Wildman–Crippen LogP) is 2.01. The minimum Gasteiger partial charge on any atom is -0.443 e. The lowest BCUT2D eigenvalue weighted by molar-refractivity contribution is -0.380. The van der Waals surface area contributed by atoms with Crippen LogP contribution < -0.4 is 10.6 Å². The summed E-state index contributed by atoms with van der Waals surface area (Å²) in [7, 11) is 1.33. The van der Waals surface area contributed by atoms with Crippen molar-refractivity contribution in [2.45, 2.75) is 6.10 Å². The molecule has 0 aliphatic carbocycles. The Kier molecular flexibility index (Phi) is 5.79. The van der Waals surface area contributed by atoms with Crippen LogP contribution in [0.25, 0.3) is 0 Å². The van der Waals surface area contributed by atoms with Gasteiger partial charge in [-0.3, -0.25) is 20.2 Å². The minimum atomic E-state index is -1.38. The van der Waals surface area contributed by atoms with Gasteiger partial charge in [-0.25, -0.2) is 9.59 Å². The Hall–Kier alpha value is -3.27. The molecule has 0 aliphatic heterocycles. The van der Waals surface area contributed by atoms with Crippen LogP contribution in [0, 0.1) is 10.1 Å². The van der Waals surface area contributed by atoms with Gasteiger partial charge in [0, 0.05) is 18.7 Å². The van der Waals surface area contributed by atoms with E-state index in [0.717, 1.165) is 0 Å². The maximum Gasteiger partial charge on any atom is 0.349 e. The Balaban J connectivity index is 2.23. The number of urea groups is 1. The van der Waals surface area contributed by atoms with Crippen molar-refractivity contribution < 1.29 is 24.0 Å². The number of amides is 3. The highest BCUT2D eigenvalue weighted by Crippen LogP contribution is 2.27. The number of nitrogens with zero attached hydrogens (tertiary/aromatic N) is 1. The Morgan fingerprint density at radius 3 is 2.40 bits per heavy atom. The highest BCUT2D eigenvalue weighted by Gasteiger charge is 2.28. The lowest BCUT2D eigenvalue weighted by Crippen LogP contribution is -2.41. The van der Waals surface area contributed by atoms with E-state index in [1.807, 2.05) is 5.32 Å². The topological polar surface area (TPSA) is 128 Å². The number of nitro groups is 1. The van der Waals surface area contributed by atoms with E-state index in [1.54, 1.807) is 30.3 Å². The molecule has 2 N–H and O–H groups in total. The van der Waals surface area contributed by atoms with Crippen molar-refractivity contribution in [1.29, 1.82) is 0 Å². The standard InChI is InChI=1S/C15H13N3O6S/c1-16-15(21)17-13(19)12(9-5-3-2-4-6-9)24-14(20)10-7-8-11(25-10)18(22)23/h2-8,12H,1H3,(H2,16,17,19,21). The number of hydrogen-bond acceptors (Lipinski definition) is 7. The molecule has 1 aromatic heterocycles. The summed E-state index contributed by atoms with van der Waals surface area (Å²) in [5.41, 5.74) is 0.350. The monoisotopic (exact) mass is 363 g/mol. The SMILES string of the molecule is CNC(=O)NC(=O)C(OC(=O)c1ccc([N+](=O)[O-])s1)c1ccccc1. The van der Waals surface area contributed by atoms with E-state index in [2.05, 4.69) is 5.32 Å².